The van der Waals surface area contributed by atoms with E-state index in [9.17, 15) is 4.79 Å². The van der Waals surface area contributed by atoms with E-state index in [1.54, 1.807) is 13.4 Å². The van der Waals surface area contributed by atoms with Gasteiger partial charge in [0.1, 0.15) is 6.61 Å². The Hall–Kier alpha value is -2.49. The minimum absolute atomic E-state index is 0.198. The maximum absolute atomic E-state index is 11.1. The van der Waals surface area contributed by atoms with Crippen molar-refractivity contribution in [2.75, 3.05) is 7.11 Å². The summed E-state index contributed by atoms with van der Waals surface area (Å²) in [5.74, 6) is 0.407. The van der Waals surface area contributed by atoms with Crippen LogP contribution in [-0.2, 0) is 16.1 Å². The molecule has 0 atom stereocenters. The van der Waals surface area contributed by atoms with E-state index in [0.29, 0.717) is 11.3 Å². The summed E-state index contributed by atoms with van der Waals surface area (Å²) in [4.78, 5) is 11.1. The number of rotatable bonds is 3. The lowest BCUT2D eigenvalue weighted by Gasteiger charge is -2.12. The molecule has 3 aromatic rings. The molecular formula is C18H18O4. The molecule has 1 heterocycles. The van der Waals surface area contributed by atoms with Crippen molar-refractivity contribution in [1.82, 2.24) is 0 Å². The number of ether oxygens (including phenoxy) is 2. The fraction of sp³-hybridized carbons (Fsp3) is 0.278. The number of carbonyl (C=O) groups is 1. The third-order valence-electron chi connectivity index (χ3n) is 3.98. The summed E-state index contributed by atoms with van der Waals surface area (Å²) in [7, 11) is 1.64. The molecule has 0 saturated carbocycles. The Morgan fingerprint density at radius 2 is 2.00 bits per heavy atom. The molecular weight excluding hydrogens is 280 g/mol. The van der Waals surface area contributed by atoms with Gasteiger partial charge >= 0.3 is 5.97 Å². The molecule has 0 unspecified atom stereocenters. The smallest absolute Gasteiger partial charge is 0.302 e. The molecule has 4 nitrogen and oxygen atoms in total. The van der Waals surface area contributed by atoms with E-state index < -0.39 is 0 Å². The second kappa shape index (κ2) is 5.37. The molecule has 0 aliphatic heterocycles. The third-order valence-corrected chi connectivity index (χ3v) is 3.98. The second-order valence-corrected chi connectivity index (χ2v) is 5.40. The van der Waals surface area contributed by atoms with Crippen LogP contribution in [-0.4, -0.2) is 13.1 Å². The van der Waals surface area contributed by atoms with Crippen LogP contribution in [0.3, 0.4) is 0 Å². The van der Waals surface area contributed by atoms with Crippen LogP contribution in [0, 0.1) is 13.8 Å². The molecule has 0 aliphatic rings. The first-order valence-electron chi connectivity index (χ1n) is 7.14. The van der Waals surface area contributed by atoms with Gasteiger partial charge < -0.3 is 13.9 Å². The second-order valence-electron chi connectivity index (χ2n) is 5.40. The highest BCUT2D eigenvalue weighted by atomic mass is 16.5. The summed E-state index contributed by atoms with van der Waals surface area (Å²) in [6.07, 6.45) is 1.64. The monoisotopic (exact) mass is 298 g/mol. The highest BCUT2D eigenvalue weighted by Crippen LogP contribution is 2.41. The summed E-state index contributed by atoms with van der Waals surface area (Å²) >= 11 is 0. The van der Waals surface area contributed by atoms with Crippen molar-refractivity contribution in [3.63, 3.8) is 0 Å². The topological polar surface area (TPSA) is 48.7 Å². The van der Waals surface area contributed by atoms with Gasteiger partial charge in [-0.1, -0.05) is 18.2 Å². The number of carbonyl (C=O) groups excluding carboxylic acids is 1. The van der Waals surface area contributed by atoms with Gasteiger partial charge in [-0.15, -0.1) is 0 Å². The Bertz CT molecular complexity index is 874. The average molecular weight is 298 g/mol. The molecule has 2 aromatic carbocycles. The van der Waals surface area contributed by atoms with Crippen molar-refractivity contribution in [2.45, 2.75) is 27.4 Å². The van der Waals surface area contributed by atoms with E-state index in [-0.39, 0.29) is 12.6 Å². The Kier molecular flexibility index (Phi) is 3.53. The SMILES string of the molecule is COc1c2cccc(C)c2c(C)c2c(COC(C)=O)coc12. The number of fused-ring (bicyclic) bond motifs is 2. The van der Waals surface area contributed by atoms with Crippen molar-refractivity contribution in [2.24, 2.45) is 0 Å². The van der Waals surface area contributed by atoms with E-state index in [4.69, 9.17) is 13.9 Å². The van der Waals surface area contributed by atoms with Crippen molar-refractivity contribution in [3.05, 3.63) is 41.2 Å². The van der Waals surface area contributed by atoms with Crippen LogP contribution >= 0.6 is 0 Å². The standard InChI is InChI=1S/C18H18O4/c1-10-6-5-7-14-15(10)11(2)16-13(8-21-12(3)19)9-22-18(16)17(14)20-4/h5-7,9H,8H2,1-4H3. The predicted molar refractivity (Wildman–Crippen MR) is 85.2 cm³/mol. The van der Waals surface area contributed by atoms with Gasteiger partial charge in [0.25, 0.3) is 0 Å². The van der Waals surface area contributed by atoms with Crippen LogP contribution in [0.15, 0.2) is 28.9 Å². The molecule has 0 radical (unpaired) electrons. The molecule has 114 valence electrons. The first kappa shape index (κ1) is 14.4. The number of furan rings is 1. The number of hydrogen-bond acceptors (Lipinski definition) is 4. The van der Waals surface area contributed by atoms with E-state index >= 15 is 0 Å². The van der Waals surface area contributed by atoms with Gasteiger partial charge in [0.05, 0.1) is 13.4 Å². The molecule has 0 aliphatic carbocycles. The molecule has 0 bridgehead atoms. The van der Waals surface area contributed by atoms with Crippen molar-refractivity contribution in [3.8, 4) is 5.75 Å². The van der Waals surface area contributed by atoms with Crippen molar-refractivity contribution in [1.29, 1.82) is 0 Å². The van der Waals surface area contributed by atoms with Crippen LogP contribution in [0.1, 0.15) is 23.6 Å². The predicted octanol–water partition coefficient (Wildman–Crippen LogP) is 4.27. The highest BCUT2D eigenvalue weighted by molar-refractivity contribution is 6.08. The van der Waals surface area contributed by atoms with Crippen molar-refractivity contribution >= 4 is 27.7 Å². The molecule has 0 amide bonds. The molecule has 0 spiro atoms. The molecule has 1 aromatic heterocycles. The van der Waals surface area contributed by atoms with E-state index in [1.165, 1.54) is 12.5 Å². The fourth-order valence-corrected chi connectivity index (χ4v) is 3.06. The maximum atomic E-state index is 11.1. The van der Waals surface area contributed by atoms with Crippen LogP contribution in [0.4, 0.5) is 0 Å². The lowest BCUT2D eigenvalue weighted by Crippen LogP contribution is -1.99. The number of methoxy groups -OCH3 is 1. The fourth-order valence-electron chi connectivity index (χ4n) is 3.06. The summed E-state index contributed by atoms with van der Waals surface area (Å²) < 4.78 is 16.4. The normalized spacial score (nSPS) is 11.1. The lowest BCUT2D eigenvalue weighted by molar-refractivity contribution is -0.142. The lowest BCUT2D eigenvalue weighted by atomic mass is 9.95. The molecule has 0 N–H and O–H groups in total. The zero-order valence-electron chi connectivity index (χ0n) is 13.1. The number of esters is 1. The van der Waals surface area contributed by atoms with Gasteiger partial charge in [-0.25, -0.2) is 0 Å². The van der Waals surface area contributed by atoms with Crippen LogP contribution in [0.5, 0.6) is 5.75 Å². The van der Waals surface area contributed by atoms with E-state index in [1.807, 2.05) is 12.1 Å². The first-order chi connectivity index (χ1) is 10.5. The summed E-state index contributed by atoms with van der Waals surface area (Å²) in [6, 6.07) is 6.11. The maximum Gasteiger partial charge on any atom is 0.302 e. The average Bonchev–Trinajstić information content (AvgIpc) is 2.90. The number of aryl methyl sites for hydroxylation is 2. The molecule has 3 rings (SSSR count). The molecule has 4 heteroatoms. The Balaban J connectivity index is 2.36. The van der Waals surface area contributed by atoms with Gasteiger partial charge in [-0.2, -0.15) is 0 Å². The minimum Gasteiger partial charge on any atom is -0.492 e. The van der Waals surface area contributed by atoms with Gasteiger partial charge in [0, 0.05) is 23.3 Å². The molecule has 22 heavy (non-hydrogen) atoms. The van der Waals surface area contributed by atoms with Gasteiger partial charge in [0.15, 0.2) is 11.3 Å². The third kappa shape index (κ3) is 2.11. The zero-order valence-corrected chi connectivity index (χ0v) is 13.1. The summed E-state index contributed by atoms with van der Waals surface area (Å²) in [5.41, 5.74) is 3.83. The van der Waals surface area contributed by atoms with Gasteiger partial charge in [0.2, 0.25) is 0 Å². The van der Waals surface area contributed by atoms with E-state index in [2.05, 4.69) is 19.9 Å². The van der Waals surface area contributed by atoms with E-state index in [0.717, 1.165) is 27.3 Å². The quantitative estimate of drug-likeness (QED) is 0.677. The molecule has 0 fully saturated rings. The summed E-state index contributed by atoms with van der Waals surface area (Å²) in [5, 5.41) is 3.14. The molecule has 0 saturated heterocycles. The summed E-state index contributed by atoms with van der Waals surface area (Å²) in [6.45, 7) is 5.73. The van der Waals surface area contributed by atoms with Gasteiger partial charge in [-0.05, 0) is 30.4 Å². The van der Waals surface area contributed by atoms with Gasteiger partial charge in [-0.3, -0.25) is 4.79 Å². The Labute approximate surface area is 128 Å². The largest absolute Gasteiger partial charge is 0.492 e. The highest BCUT2D eigenvalue weighted by Gasteiger charge is 2.19. The minimum atomic E-state index is -0.309. The zero-order chi connectivity index (χ0) is 15.9. The Morgan fingerprint density at radius 1 is 1.23 bits per heavy atom. The van der Waals surface area contributed by atoms with Crippen LogP contribution in [0.2, 0.25) is 0 Å². The Morgan fingerprint density at radius 3 is 2.68 bits per heavy atom. The first-order valence-corrected chi connectivity index (χ1v) is 7.14. The van der Waals surface area contributed by atoms with Crippen molar-refractivity contribution < 1.29 is 18.7 Å². The van der Waals surface area contributed by atoms with Crippen LogP contribution in [0.25, 0.3) is 21.7 Å². The number of benzene rings is 2. The number of hydrogen-bond donors (Lipinski definition) is 0. The van der Waals surface area contributed by atoms with Crippen LogP contribution < -0.4 is 4.74 Å².